The maximum absolute atomic E-state index is 10.5. The van der Waals surface area contributed by atoms with Crippen molar-refractivity contribution in [1.29, 1.82) is 0 Å². The van der Waals surface area contributed by atoms with Gasteiger partial charge >= 0.3 is 11.9 Å². The quantitative estimate of drug-likeness (QED) is 0.665. The fraction of sp³-hybridized carbons (Fsp3) is 0.778. The minimum absolute atomic E-state index is 0.0385. The van der Waals surface area contributed by atoms with Crippen molar-refractivity contribution in [3.8, 4) is 0 Å². The summed E-state index contributed by atoms with van der Waals surface area (Å²) in [5.41, 5.74) is -0.385. The highest BCUT2D eigenvalue weighted by atomic mass is 16.4. The summed E-state index contributed by atoms with van der Waals surface area (Å²) in [4.78, 5) is 20.8. The van der Waals surface area contributed by atoms with Crippen LogP contribution in [0.15, 0.2) is 0 Å². The van der Waals surface area contributed by atoms with Crippen molar-refractivity contribution in [2.45, 2.75) is 39.5 Å². The van der Waals surface area contributed by atoms with Gasteiger partial charge in [-0.2, -0.15) is 0 Å². The molecule has 2 N–H and O–H groups in total. The lowest BCUT2D eigenvalue weighted by Crippen LogP contribution is -2.21. The summed E-state index contributed by atoms with van der Waals surface area (Å²) < 4.78 is 0. The van der Waals surface area contributed by atoms with Gasteiger partial charge in [0.15, 0.2) is 0 Å². The first kappa shape index (κ1) is 11.9. The fourth-order valence-corrected chi connectivity index (χ4v) is 1.16. The maximum Gasteiger partial charge on any atom is 0.303 e. The first-order chi connectivity index (χ1) is 5.89. The molecule has 0 aliphatic carbocycles. The van der Waals surface area contributed by atoms with Crippen molar-refractivity contribution in [1.82, 2.24) is 0 Å². The second-order valence-corrected chi connectivity index (χ2v) is 3.63. The number of aliphatic carboxylic acids is 2. The van der Waals surface area contributed by atoms with Crippen molar-refractivity contribution in [3.63, 3.8) is 0 Å². The number of hydrogen-bond donors (Lipinski definition) is 2. The van der Waals surface area contributed by atoms with E-state index in [-0.39, 0.29) is 18.3 Å². The largest absolute Gasteiger partial charge is 0.481 e. The van der Waals surface area contributed by atoms with Gasteiger partial charge in [-0.3, -0.25) is 9.59 Å². The summed E-state index contributed by atoms with van der Waals surface area (Å²) in [6, 6.07) is 0. The lowest BCUT2D eigenvalue weighted by atomic mass is 9.80. The Morgan fingerprint density at radius 1 is 1.23 bits per heavy atom. The van der Waals surface area contributed by atoms with Gasteiger partial charge in [-0.15, -0.1) is 0 Å². The molecule has 0 saturated heterocycles. The Morgan fingerprint density at radius 2 is 1.77 bits per heavy atom. The Hall–Kier alpha value is -1.06. The van der Waals surface area contributed by atoms with Gasteiger partial charge in [0.2, 0.25) is 0 Å². The van der Waals surface area contributed by atoms with Crippen LogP contribution in [0.4, 0.5) is 0 Å². The zero-order chi connectivity index (χ0) is 10.5. The highest BCUT2D eigenvalue weighted by molar-refractivity contribution is 5.68. The van der Waals surface area contributed by atoms with Gasteiger partial charge in [0.1, 0.15) is 0 Å². The molecule has 4 nitrogen and oxygen atoms in total. The molecule has 0 fully saturated rings. The Labute approximate surface area is 77.6 Å². The molecule has 0 amide bonds. The average molecular weight is 188 g/mol. The minimum Gasteiger partial charge on any atom is -0.481 e. The molecule has 0 aromatic heterocycles. The highest BCUT2D eigenvalue weighted by Crippen LogP contribution is 2.31. The van der Waals surface area contributed by atoms with Gasteiger partial charge in [0, 0.05) is 6.42 Å². The van der Waals surface area contributed by atoms with Crippen molar-refractivity contribution < 1.29 is 19.8 Å². The molecule has 0 aromatic carbocycles. The van der Waals surface area contributed by atoms with Gasteiger partial charge in [0.05, 0.1) is 6.42 Å². The molecule has 0 heterocycles. The molecule has 1 atom stereocenters. The molecule has 0 unspecified atom stereocenters. The molecule has 0 rings (SSSR count). The van der Waals surface area contributed by atoms with Gasteiger partial charge in [0.25, 0.3) is 0 Å². The van der Waals surface area contributed by atoms with Crippen molar-refractivity contribution in [2.75, 3.05) is 0 Å². The number of rotatable bonds is 6. The molecule has 76 valence electrons. The van der Waals surface area contributed by atoms with Crippen LogP contribution < -0.4 is 0 Å². The molecule has 4 heteroatoms. The van der Waals surface area contributed by atoms with Crippen LogP contribution in [0.5, 0.6) is 0 Å². The topological polar surface area (TPSA) is 74.6 Å². The minimum atomic E-state index is -0.870. The van der Waals surface area contributed by atoms with E-state index < -0.39 is 11.9 Å². The van der Waals surface area contributed by atoms with Gasteiger partial charge in [-0.05, 0) is 11.8 Å². The van der Waals surface area contributed by atoms with Crippen LogP contribution >= 0.6 is 0 Å². The lowest BCUT2D eigenvalue weighted by molar-refractivity contribution is -0.142. The number of carbonyl (C=O) groups is 2. The van der Waals surface area contributed by atoms with E-state index in [0.29, 0.717) is 12.8 Å². The summed E-state index contributed by atoms with van der Waals surface area (Å²) >= 11 is 0. The van der Waals surface area contributed by atoms with Crippen LogP contribution in [-0.4, -0.2) is 22.2 Å². The van der Waals surface area contributed by atoms with E-state index in [1.54, 1.807) is 0 Å². The Bertz CT molecular complexity index is 200. The van der Waals surface area contributed by atoms with Crippen molar-refractivity contribution in [2.24, 2.45) is 5.41 Å². The Balaban J connectivity index is 4.10. The summed E-state index contributed by atoms with van der Waals surface area (Å²) in [6.07, 6.45) is 1.19. The molecule has 0 saturated carbocycles. The second-order valence-electron chi connectivity index (χ2n) is 3.63. The van der Waals surface area contributed by atoms with Crippen LogP contribution in [0, 0.1) is 5.41 Å². The van der Waals surface area contributed by atoms with E-state index in [1.807, 2.05) is 13.8 Å². The molecule has 0 aromatic rings. The lowest BCUT2D eigenvalue weighted by Gasteiger charge is -2.25. The summed E-state index contributed by atoms with van der Waals surface area (Å²) in [5.74, 6) is -1.74. The van der Waals surface area contributed by atoms with Gasteiger partial charge in [-0.25, -0.2) is 0 Å². The number of hydrogen-bond acceptors (Lipinski definition) is 2. The standard InChI is InChI=1S/C9H16O4/c1-3-9(2,6-8(12)13)5-4-7(10)11/h3-6H2,1-2H3,(H,10,11)(H,12,13)/t9-/m0/s1. The van der Waals surface area contributed by atoms with Gasteiger partial charge in [-0.1, -0.05) is 20.3 Å². The van der Waals surface area contributed by atoms with E-state index in [9.17, 15) is 9.59 Å². The molecular formula is C9H16O4. The molecule has 0 radical (unpaired) electrons. The highest BCUT2D eigenvalue weighted by Gasteiger charge is 2.25. The maximum atomic E-state index is 10.5. The Kier molecular flexibility index (Phi) is 4.45. The molecule has 0 bridgehead atoms. The van der Waals surface area contributed by atoms with E-state index in [0.717, 1.165) is 0 Å². The van der Waals surface area contributed by atoms with Crippen LogP contribution in [0.3, 0.4) is 0 Å². The third-order valence-corrected chi connectivity index (χ3v) is 2.37. The third-order valence-electron chi connectivity index (χ3n) is 2.37. The Morgan fingerprint density at radius 3 is 2.08 bits per heavy atom. The van der Waals surface area contributed by atoms with Crippen LogP contribution in [0.2, 0.25) is 0 Å². The molecule has 0 aliphatic heterocycles. The van der Waals surface area contributed by atoms with Crippen LogP contribution in [0.1, 0.15) is 39.5 Å². The van der Waals surface area contributed by atoms with E-state index in [1.165, 1.54) is 0 Å². The predicted octanol–water partition coefficient (Wildman–Crippen LogP) is 1.74. The first-order valence-electron chi connectivity index (χ1n) is 4.33. The smallest absolute Gasteiger partial charge is 0.303 e. The zero-order valence-corrected chi connectivity index (χ0v) is 8.04. The summed E-state index contributed by atoms with van der Waals surface area (Å²) in [5, 5.41) is 17.1. The number of carboxylic acid groups (broad SMARTS) is 2. The average Bonchev–Trinajstić information content (AvgIpc) is 2.00. The molecule has 13 heavy (non-hydrogen) atoms. The van der Waals surface area contributed by atoms with Crippen LogP contribution in [0.25, 0.3) is 0 Å². The zero-order valence-electron chi connectivity index (χ0n) is 8.04. The fourth-order valence-electron chi connectivity index (χ4n) is 1.16. The van der Waals surface area contributed by atoms with Crippen molar-refractivity contribution >= 4 is 11.9 Å². The summed E-state index contributed by atoms with van der Waals surface area (Å²) in [6.45, 7) is 3.69. The SMILES string of the molecule is CC[C@@](C)(CCC(=O)O)CC(=O)O. The molecular weight excluding hydrogens is 172 g/mol. The first-order valence-corrected chi connectivity index (χ1v) is 4.33. The molecule has 0 aliphatic rings. The summed E-state index contributed by atoms with van der Waals surface area (Å²) in [7, 11) is 0. The van der Waals surface area contributed by atoms with Crippen LogP contribution in [-0.2, 0) is 9.59 Å². The van der Waals surface area contributed by atoms with Gasteiger partial charge < -0.3 is 10.2 Å². The third kappa shape index (κ3) is 5.22. The van der Waals surface area contributed by atoms with E-state index in [4.69, 9.17) is 10.2 Å². The normalized spacial score (nSPS) is 14.9. The molecule has 0 spiro atoms. The second kappa shape index (κ2) is 4.84. The van der Waals surface area contributed by atoms with E-state index >= 15 is 0 Å². The number of carboxylic acids is 2. The monoisotopic (exact) mass is 188 g/mol. The van der Waals surface area contributed by atoms with E-state index in [2.05, 4.69) is 0 Å². The predicted molar refractivity (Wildman–Crippen MR) is 47.5 cm³/mol. The van der Waals surface area contributed by atoms with Crippen molar-refractivity contribution in [3.05, 3.63) is 0 Å².